The van der Waals surface area contributed by atoms with E-state index in [0.29, 0.717) is 22.7 Å². The molecule has 0 radical (unpaired) electrons. The Kier molecular flexibility index (Phi) is 13.4. The van der Waals surface area contributed by atoms with Crippen molar-refractivity contribution in [3.8, 4) is 17.6 Å². The van der Waals surface area contributed by atoms with Crippen molar-refractivity contribution in [1.82, 2.24) is 24.2 Å². The van der Waals surface area contributed by atoms with Gasteiger partial charge in [0.15, 0.2) is 17.0 Å². The van der Waals surface area contributed by atoms with E-state index in [1.165, 1.54) is 31.5 Å². The lowest BCUT2D eigenvalue weighted by Crippen LogP contribution is -2.38. The maximum atomic E-state index is 14.6. The number of fused-ring (bicyclic) bond motifs is 1. The highest BCUT2D eigenvalue weighted by molar-refractivity contribution is 7.98. The van der Waals surface area contributed by atoms with Crippen molar-refractivity contribution >= 4 is 48.6 Å². The number of benzene rings is 2. The van der Waals surface area contributed by atoms with E-state index < -0.39 is 38.2 Å². The van der Waals surface area contributed by atoms with Crippen molar-refractivity contribution in [3.05, 3.63) is 66.7 Å². The van der Waals surface area contributed by atoms with Crippen LogP contribution in [0.2, 0.25) is 0 Å². The smallest absolute Gasteiger partial charge is 0.496 e. The number of nitriles is 1. The summed E-state index contributed by atoms with van der Waals surface area (Å²) in [5, 5.41) is 12.0. The summed E-state index contributed by atoms with van der Waals surface area (Å²) >= 11 is 1.41. The number of imidazole rings is 1. The maximum Gasteiger partial charge on any atom is 0.513 e. The largest absolute Gasteiger partial charge is 0.513 e. The molecule has 0 aliphatic carbocycles. The second-order valence-electron chi connectivity index (χ2n) is 12.3. The molecule has 1 N–H and O–H groups in total. The Bertz CT molecular complexity index is 1980. The van der Waals surface area contributed by atoms with Crippen LogP contribution in [0.1, 0.15) is 57.1 Å². The summed E-state index contributed by atoms with van der Waals surface area (Å²) in [6.45, 7) is 7.00. The van der Waals surface area contributed by atoms with Crippen LogP contribution in [0.3, 0.4) is 0 Å². The number of hydrogen-bond donors (Lipinski definition) is 1. The van der Waals surface area contributed by atoms with Crippen LogP contribution in [0.25, 0.3) is 11.2 Å². The number of carbonyl (C=O) groups is 2. The molecule has 1 fully saturated rings. The quantitative estimate of drug-likeness (QED) is 0.0409. The number of nitrogens with zero attached hydrogens (tertiary/aromatic N) is 6. The molecule has 18 heteroatoms. The third-order valence-corrected chi connectivity index (χ3v) is 11.5. The van der Waals surface area contributed by atoms with Gasteiger partial charge in [-0.3, -0.25) is 18.4 Å². The van der Waals surface area contributed by atoms with Gasteiger partial charge in [-0.1, -0.05) is 24.3 Å². The predicted molar refractivity (Wildman–Crippen MR) is 196 cm³/mol. The second kappa shape index (κ2) is 18.0. The van der Waals surface area contributed by atoms with Gasteiger partial charge in [0, 0.05) is 18.5 Å². The van der Waals surface area contributed by atoms with Gasteiger partial charge in [0.2, 0.25) is 0 Å². The molecule has 1 saturated heterocycles. The number of thioether (sulfide) groups is 1. The van der Waals surface area contributed by atoms with Gasteiger partial charge in [0.1, 0.15) is 42.9 Å². The number of rotatable bonds is 16. The number of amides is 1. The first-order chi connectivity index (χ1) is 25.5. The van der Waals surface area contributed by atoms with Gasteiger partial charge in [0.05, 0.1) is 43.0 Å². The molecule has 16 nitrogen and oxygen atoms in total. The Morgan fingerprint density at radius 3 is 2.51 bits per heavy atom. The van der Waals surface area contributed by atoms with Crippen LogP contribution in [-0.4, -0.2) is 87.1 Å². The fourth-order valence-electron chi connectivity index (χ4n) is 5.96. The van der Waals surface area contributed by atoms with Crippen molar-refractivity contribution < 1.29 is 42.1 Å². The molecule has 3 heterocycles. The first kappa shape index (κ1) is 39.6. The van der Waals surface area contributed by atoms with Crippen molar-refractivity contribution in [1.29, 1.82) is 5.26 Å². The predicted octanol–water partition coefficient (Wildman–Crippen LogP) is 6.85. The van der Waals surface area contributed by atoms with Crippen LogP contribution in [0, 0.1) is 11.3 Å². The van der Waals surface area contributed by atoms with E-state index in [2.05, 4.69) is 20.3 Å². The lowest BCUT2D eigenvalue weighted by Gasteiger charge is -2.37. The second-order valence-corrected chi connectivity index (χ2v) is 15.0. The summed E-state index contributed by atoms with van der Waals surface area (Å²) in [6, 6.07) is 15.3. The van der Waals surface area contributed by atoms with E-state index in [1.54, 1.807) is 45.6 Å². The molecule has 4 aromatic rings. The van der Waals surface area contributed by atoms with Crippen LogP contribution >= 0.6 is 19.5 Å². The van der Waals surface area contributed by atoms with Crippen molar-refractivity contribution in [2.75, 3.05) is 31.9 Å². The molecule has 0 saturated carbocycles. The zero-order chi connectivity index (χ0) is 38.1. The molecular weight excluding hydrogens is 725 g/mol. The average molecular weight is 768 g/mol. The fraction of sp³-hybridized carbons (Fsp3) is 0.429. The summed E-state index contributed by atoms with van der Waals surface area (Å²) in [5.41, 5.74) is 0.911. The molecule has 2 aromatic heterocycles. The zero-order valence-electron chi connectivity index (χ0n) is 30.2. The molecule has 53 heavy (non-hydrogen) atoms. The number of methoxy groups -OCH3 is 1. The third-order valence-electron chi connectivity index (χ3n) is 8.14. The molecule has 1 aliphatic heterocycles. The van der Waals surface area contributed by atoms with Crippen molar-refractivity contribution in [2.45, 2.75) is 76.0 Å². The minimum atomic E-state index is -4.06. The van der Waals surface area contributed by atoms with Crippen LogP contribution < -0.4 is 14.8 Å². The van der Waals surface area contributed by atoms with Crippen LogP contribution in [0.4, 0.5) is 10.6 Å². The third kappa shape index (κ3) is 9.33. The van der Waals surface area contributed by atoms with E-state index in [1.807, 2.05) is 52.2 Å². The van der Waals surface area contributed by atoms with Gasteiger partial charge in [0.25, 0.3) is 5.91 Å². The molecular formula is C35H42N7O9PS. The molecule has 1 amide bonds. The van der Waals surface area contributed by atoms with Gasteiger partial charge >= 0.3 is 13.9 Å². The number of aromatic nitrogens is 4. The first-order valence-electron chi connectivity index (χ1n) is 16.8. The van der Waals surface area contributed by atoms with Crippen molar-refractivity contribution in [3.63, 3.8) is 0 Å². The minimum absolute atomic E-state index is 0.00622. The van der Waals surface area contributed by atoms with Crippen LogP contribution in [-0.2, 0) is 23.1 Å². The number of hydrogen-bond acceptors (Lipinski definition) is 14. The van der Waals surface area contributed by atoms with Gasteiger partial charge < -0.3 is 24.3 Å². The average Bonchev–Trinajstić information content (AvgIpc) is 3.75. The maximum absolute atomic E-state index is 14.6. The Balaban J connectivity index is 1.43. The number of para-hydroxylation sites is 2. The Labute approximate surface area is 311 Å². The summed E-state index contributed by atoms with van der Waals surface area (Å²) in [7, 11) is -2.59. The van der Waals surface area contributed by atoms with Gasteiger partial charge in [-0.15, -0.1) is 11.8 Å². The van der Waals surface area contributed by atoms with Crippen LogP contribution in [0.5, 0.6) is 11.5 Å². The van der Waals surface area contributed by atoms with E-state index in [4.69, 9.17) is 28.0 Å². The molecule has 5 rings (SSSR count). The van der Waals surface area contributed by atoms with E-state index in [9.17, 15) is 19.4 Å². The molecule has 2 aromatic carbocycles. The SMILES string of the molecule is COc1ccccc1C(=O)Nc1ncnc2c1ncn2[C@H]1C[C@H](OP(=O)(OCCC#N)N(C(C)C)C(C)C)[C@@H](COC(=O)Oc2ccccc2SC)O1. The molecule has 4 atom stereocenters. The minimum Gasteiger partial charge on any atom is -0.496 e. The molecule has 0 bridgehead atoms. The Morgan fingerprint density at radius 1 is 1.09 bits per heavy atom. The highest BCUT2D eigenvalue weighted by atomic mass is 32.2. The van der Waals surface area contributed by atoms with Gasteiger partial charge in [-0.25, -0.2) is 29.0 Å². The molecule has 0 spiro atoms. The fourth-order valence-corrected chi connectivity index (χ4v) is 8.80. The molecule has 282 valence electrons. The summed E-state index contributed by atoms with van der Waals surface area (Å²) in [5.74, 6) is 0.419. The van der Waals surface area contributed by atoms with E-state index >= 15 is 0 Å². The standard InChI is InChI=1S/C35H42N7O9PS/c1-22(2)42(23(3)4)52(45,48-17-11-16-36)51-27-18-30(49-28(27)19-47-35(44)50-26-14-9-10-15-29(26)53-6)41-21-39-31-32(37-20-38-33(31)41)40-34(43)24-12-7-8-13-25(24)46-5/h7-10,12-15,20-23,27-28,30H,11,17-19H2,1-6H3,(H,37,38,40,43)/t27-,28+,30+,52?/m0/s1. The zero-order valence-corrected chi connectivity index (χ0v) is 31.9. The lowest BCUT2D eigenvalue weighted by atomic mass is 10.2. The van der Waals surface area contributed by atoms with Gasteiger partial charge in [-0.2, -0.15) is 5.26 Å². The lowest BCUT2D eigenvalue weighted by molar-refractivity contribution is -0.0516. The highest BCUT2D eigenvalue weighted by Crippen LogP contribution is 2.57. The Morgan fingerprint density at radius 2 is 1.81 bits per heavy atom. The molecule has 1 aliphatic rings. The Hall–Kier alpha value is -4.56. The number of carbonyl (C=O) groups excluding carboxylic acids is 2. The number of anilines is 1. The highest BCUT2D eigenvalue weighted by Gasteiger charge is 2.47. The van der Waals surface area contributed by atoms with E-state index in [-0.39, 0.29) is 49.5 Å². The first-order valence-corrected chi connectivity index (χ1v) is 19.5. The topological polar surface area (TPSA) is 189 Å². The summed E-state index contributed by atoms with van der Waals surface area (Å²) in [6.07, 6.45) is 1.05. The summed E-state index contributed by atoms with van der Waals surface area (Å²) in [4.78, 5) is 40.0. The van der Waals surface area contributed by atoms with E-state index in [0.717, 1.165) is 4.90 Å². The molecule has 1 unspecified atom stereocenters. The van der Waals surface area contributed by atoms with Gasteiger partial charge in [-0.05, 0) is 58.2 Å². The number of ether oxygens (including phenoxy) is 4. The number of nitrogens with one attached hydrogen (secondary N) is 1. The normalized spacial score (nSPS) is 18.2. The summed E-state index contributed by atoms with van der Waals surface area (Å²) < 4.78 is 52.9. The monoisotopic (exact) mass is 767 g/mol. The van der Waals surface area contributed by atoms with Crippen molar-refractivity contribution in [2.24, 2.45) is 0 Å². The van der Waals surface area contributed by atoms with Crippen LogP contribution in [0.15, 0.2) is 66.1 Å².